The predicted octanol–water partition coefficient (Wildman–Crippen LogP) is 6.77. The predicted molar refractivity (Wildman–Crippen MR) is 209 cm³/mol. The highest BCUT2D eigenvalue weighted by molar-refractivity contribution is 7.91. The quantitative estimate of drug-likeness (QED) is 0.0719. The van der Waals surface area contributed by atoms with Crippen molar-refractivity contribution >= 4 is 85.3 Å². The summed E-state index contributed by atoms with van der Waals surface area (Å²) in [6.45, 7) is 7.05. The molecule has 53 heavy (non-hydrogen) atoms. The molecule has 0 bridgehead atoms. The number of hydrazone groups is 1. The van der Waals surface area contributed by atoms with Crippen LogP contribution in [0.15, 0.2) is 101 Å². The maximum absolute atomic E-state index is 14.2. The first kappa shape index (κ1) is 39.4. The zero-order valence-electron chi connectivity index (χ0n) is 29.0. The summed E-state index contributed by atoms with van der Waals surface area (Å²) in [7, 11) is -3.71. The molecular weight excluding hydrogens is 763 g/mol. The molecule has 4 aromatic rings. The molecule has 0 saturated heterocycles. The number of hydrogen-bond acceptors (Lipinski definition) is 9. The Kier molecular flexibility index (Phi) is 12.6. The molecule has 3 amide bonds. The molecule has 5 rings (SSSR count). The van der Waals surface area contributed by atoms with E-state index < -0.39 is 33.2 Å². The first-order valence-corrected chi connectivity index (χ1v) is 19.4. The van der Waals surface area contributed by atoms with Crippen LogP contribution in [0.2, 0.25) is 15.1 Å². The number of sulfone groups is 1. The van der Waals surface area contributed by atoms with E-state index in [1.165, 1.54) is 31.2 Å². The van der Waals surface area contributed by atoms with E-state index >= 15 is 0 Å². The van der Waals surface area contributed by atoms with Crippen LogP contribution in [0.3, 0.4) is 0 Å². The van der Waals surface area contributed by atoms with Gasteiger partial charge in [0, 0.05) is 37.0 Å². The lowest BCUT2D eigenvalue weighted by atomic mass is 10.1. The van der Waals surface area contributed by atoms with Gasteiger partial charge in [-0.05, 0) is 93.1 Å². The van der Waals surface area contributed by atoms with Crippen LogP contribution in [-0.4, -0.2) is 63.1 Å². The largest absolute Gasteiger partial charge is 0.494 e. The summed E-state index contributed by atoms with van der Waals surface area (Å²) in [6.07, 6.45) is 0.157. The number of amides is 3. The van der Waals surface area contributed by atoms with Gasteiger partial charge in [-0.3, -0.25) is 14.4 Å². The molecule has 0 aliphatic carbocycles. The zero-order chi connectivity index (χ0) is 38.3. The van der Waals surface area contributed by atoms with Crippen molar-refractivity contribution < 1.29 is 27.5 Å². The van der Waals surface area contributed by atoms with Crippen LogP contribution >= 0.6 is 34.8 Å². The molecule has 4 aromatic carbocycles. The topological polar surface area (TPSA) is 150 Å². The highest BCUT2D eigenvalue weighted by Gasteiger charge is 2.54. The number of ether oxygens (including phenoxy) is 1. The fourth-order valence-electron chi connectivity index (χ4n) is 5.58. The number of rotatable bonds is 14. The van der Waals surface area contributed by atoms with Crippen LogP contribution in [0.4, 0.5) is 17.1 Å². The Morgan fingerprint density at radius 3 is 2.11 bits per heavy atom. The smallest absolute Gasteiger partial charge is 0.302 e. The van der Waals surface area contributed by atoms with E-state index in [0.29, 0.717) is 17.1 Å². The average Bonchev–Trinajstić information content (AvgIpc) is 3.39. The van der Waals surface area contributed by atoms with Gasteiger partial charge in [0.2, 0.25) is 5.91 Å². The number of nitrogens with one attached hydrogen (secondary N) is 3. The monoisotopic (exact) mass is 798 g/mol. The van der Waals surface area contributed by atoms with Crippen LogP contribution in [-0.2, 0) is 19.4 Å². The van der Waals surface area contributed by atoms with E-state index in [0.717, 1.165) is 23.8 Å². The summed E-state index contributed by atoms with van der Waals surface area (Å²) in [4.78, 5) is 42.6. The Morgan fingerprint density at radius 2 is 1.53 bits per heavy atom. The maximum atomic E-state index is 14.2. The van der Waals surface area contributed by atoms with Crippen LogP contribution in [0.25, 0.3) is 0 Å². The van der Waals surface area contributed by atoms with E-state index in [1.807, 2.05) is 12.1 Å². The van der Waals surface area contributed by atoms with E-state index in [9.17, 15) is 22.8 Å². The molecule has 1 unspecified atom stereocenters. The van der Waals surface area contributed by atoms with Crippen molar-refractivity contribution in [3.05, 3.63) is 112 Å². The second kappa shape index (κ2) is 16.9. The molecule has 1 aliphatic heterocycles. The number of anilines is 3. The Hall–Kier alpha value is -4.82. The van der Waals surface area contributed by atoms with Gasteiger partial charge in [-0.25, -0.2) is 8.42 Å². The molecule has 0 spiro atoms. The number of carbonyl (C=O) groups excluding carboxylic acids is 3. The van der Waals surface area contributed by atoms with E-state index in [1.54, 1.807) is 54.6 Å². The summed E-state index contributed by atoms with van der Waals surface area (Å²) in [5, 5.41) is 14.3. The Labute approximate surface area is 323 Å². The highest BCUT2D eigenvalue weighted by atomic mass is 35.5. The second-order valence-corrected chi connectivity index (χ2v) is 15.2. The fourth-order valence-corrected chi connectivity index (χ4v) is 7.63. The minimum Gasteiger partial charge on any atom is -0.494 e. The molecule has 3 N–H and O–H groups in total. The van der Waals surface area contributed by atoms with E-state index in [4.69, 9.17) is 39.5 Å². The van der Waals surface area contributed by atoms with Gasteiger partial charge in [-0.15, -0.1) is 5.10 Å². The van der Waals surface area contributed by atoms with Crippen molar-refractivity contribution in [3.63, 3.8) is 0 Å². The summed E-state index contributed by atoms with van der Waals surface area (Å²) in [5.41, 5.74) is 0.122. The van der Waals surface area contributed by atoms with E-state index in [2.05, 4.69) is 39.8 Å². The van der Waals surface area contributed by atoms with Gasteiger partial charge in [0.1, 0.15) is 5.75 Å². The van der Waals surface area contributed by atoms with Crippen LogP contribution < -0.4 is 30.6 Å². The van der Waals surface area contributed by atoms with E-state index in [-0.39, 0.29) is 50.1 Å². The van der Waals surface area contributed by atoms with Crippen molar-refractivity contribution in [3.8, 4) is 5.75 Å². The normalized spacial score (nSPS) is 15.5. The van der Waals surface area contributed by atoms with Gasteiger partial charge >= 0.3 is 5.91 Å². The summed E-state index contributed by atoms with van der Waals surface area (Å²) >= 11 is 17.9. The Balaban J connectivity index is 1.32. The van der Waals surface area contributed by atoms with Crippen LogP contribution in [0.1, 0.15) is 37.6 Å². The molecule has 16 heteroatoms. The third kappa shape index (κ3) is 9.05. The third-order valence-corrected chi connectivity index (χ3v) is 11.2. The SMILES string of the molecule is CCN(CC)c1ccc(NC2(NC(C)=O)C(=O)N(c3ccccc3)N=C2NC(=O)c2ccc(OCCCS(=O)(=O)c3cc(Cl)c(Cl)c(Cl)c3)cc2)cc1. The van der Waals surface area contributed by atoms with Crippen LogP contribution in [0.5, 0.6) is 5.75 Å². The molecule has 12 nitrogen and oxygen atoms in total. The first-order valence-electron chi connectivity index (χ1n) is 16.6. The van der Waals surface area contributed by atoms with Gasteiger partial charge in [-0.2, -0.15) is 5.01 Å². The van der Waals surface area contributed by atoms with Crippen LogP contribution in [0, 0.1) is 0 Å². The molecule has 0 aromatic heterocycles. The lowest BCUT2D eigenvalue weighted by Gasteiger charge is -2.31. The van der Waals surface area contributed by atoms with Gasteiger partial charge < -0.3 is 25.6 Å². The number of hydrogen-bond donors (Lipinski definition) is 3. The van der Waals surface area contributed by atoms with Crippen molar-refractivity contribution in [1.82, 2.24) is 10.6 Å². The lowest BCUT2D eigenvalue weighted by molar-refractivity contribution is -0.127. The highest BCUT2D eigenvalue weighted by Crippen LogP contribution is 2.33. The Bertz CT molecular complexity index is 2090. The number of nitrogens with zero attached hydrogens (tertiary/aromatic N) is 3. The third-order valence-electron chi connectivity index (χ3n) is 8.25. The van der Waals surface area contributed by atoms with Gasteiger partial charge in [-0.1, -0.05) is 53.0 Å². The molecule has 0 radical (unpaired) electrons. The first-order chi connectivity index (χ1) is 25.3. The van der Waals surface area contributed by atoms with Gasteiger partial charge in [0.05, 0.1) is 38.0 Å². The number of carbonyl (C=O) groups is 3. The molecule has 1 atom stereocenters. The maximum Gasteiger partial charge on any atom is 0.302 e. The molecular formula is C37H37Cl3N6O6S. The number of benzene rings is 4. The summed E-state index contributed by atoms with van der Waals surface area (Å²) < 4.78 is 31.3. The van der Waals surface area contributed by atoms with Gasteiger partial charge in [0.15, 0.2) is 15.7 Å². The molecule has 1 aliphatic rings. The number of halogens is 3. The van der Waals surface area contributed by atoms with Gasteiger partial charge in [0.25, 0.3) is 11.6 Å². The van der Waals surface area contributed by atoms with Crippen molar-refractivity contribution in [1.29, 1.82) is 0 Å². The average molecular weight is 800 g/mol. The zero-order valence-corrected chi connectivity index (χ0v) is 32.1. The lowest BCUT2D eigenvalue weighted by Crippen LogP contribution is -2.67. The minimum absolute atomic E-state index is 0.0380. The number of amidine groups is 1. The summed E-state index contributed by atoms with van der Waals surface area (Å²) in [6, 6.07) is 24.6. The standard InChI is InChI=1S/C37H37Cl3N6O6S/c1-4-45(5-2)27-16-14-26(15-17-27)43-37(42-24(3)47)35(44-46(36(37)49)28-10-7-6-8-11-28)41-34(48)25-12-18-29(19-13-25)52-20-9-21-53(50,51)30-22-31(38)33(40)32(39)23-30/h6-8,10-19,22-23,43H,4-5,9,20-21H2,1-3H3,(H,42,47)(H,41,44,48). The fraction of sp³-hybridized carbons (Fsp3) is 0.243. The minimum atomic E-state index is -3.71. The molecule has 0 saturated carbocycles. The number of para-hydroxylation sites is 1. The molecule has 1 heterocycles. The second-order valence-electron chi connectivity index (χ2n) is 11.9. The van der Waals surface area contributed by atoms with Crippen molar-refractivity contribution in [2.24, 2.45) is 5.10 Å². The van der Waals surface area contributed by atoms with Crippen molar-refractivity contribution in [2.75, 3.05) is 40.7 Å². The molecule has 278 valence electrons. The molecule has 0 fully saturated rings. The van der Waals surface area contributed by atoms with Crippen molar-refractivity contribution in [2.45, 2.75) is 37.8 Å². The Morgan fingerprint density at radius 1 is 0.906 bits per heavy atom. The summed E-state index contributed by atoms with van der Waals surface area (Å²) in [5.74, 6) is -1.79.